The first kappa shape index (κ1) is 14.0. The van der Waals surface area contributed by atoms with Gasteiger partial charge in [-0.3, -0.25) is 4.79 Å². The van der Waals surface area contributed by atoms with Crippen molar-refractivity contribution in [2.45, 2.75) is 13.0 Å². The average molecular weight is 267 g/mol. The molecule has 0 bridgehead atoms. The minimum Gasteiger partial charge on any atom is -0.328 e. The number of hydrogen-bond donors (Lipinski definition) is 0. The number of amides is 1. The molecule has 2 aromatic carbocycles. The third-order valence-electron chi connectivity index (χ3n) is 3.31. The largest absolute Gasteiger partial charge is 0.328 e. The molecule has 0 aliphatic carbocycles. The molecule has 0 saturated heterocycles. The van der Waals surface area contributed by atoms with E-state index in [1.807, 2.05) is 49.4 Å². The van der Waals surface area contributed by atoms with Crippen LogP contribution in [0.15, 0.2) is 54.6 Å². The first-order chi connectivity index (χ1) is 9.63. The van der Waals surface area contributed by atoms with Crippen LogP contribution in [0.25, 0.3) is 0 Å². The first-order valence-corrected chi connectivity index (χ1v) is 6.47. The van der Waals surface area contributed by atoms with E-state index < -0.39 is 6.04 Å². The van der Waals surface area contributed by atoms with Gasteiger partial charge in [0.1, 0.15) is 12.3 Å². The monoisotopic (exact) mass is 267 g/mol. The summed E-state index contributed by atoms with van der Waals surface area (Å²) in [7, 11) is 1.65. The third-order valence-corrected chi connectivity index (χ3v) is 3.31. The number of benzene rings is 2. The molecule has 3 heteroatoms. The highest BCUT2D eigenvalue weighted by molar-refractivity contribution is 5.95. The SMILES string of the molecule is Cc1ccc(C(C=O)N(C)C(=O)c2ccccc2)cc1. The van der Waals surface area contributed by atoms with Crippen LogP contribution in [0.5, 0.6) is 0 Å². The van der Waals surface area contributed by atoms with Crippen molar-refractivity contribution in [3.8, 4) is 0 Å². The molecule has 2 rings (SSSR count). The van der Waals surface area contributed by atoms with Crippen LogP contribution >= 0.6 is 0 Å². The van der Waals surface area contributed by atoms with Gasteiger partial charge < -0.3 is 9.69 Å². The Balaban J connectivity index is 2.25. The molecule has 0 heterocycles. The maximum Gasteiger partial charge on any atom is 0.254 e. The van der Waals surface area contributed by atoms with Crippen molar-refractivity contribution < 1.29 is 9.59 Å². The Morgan fingerprint density at radius 3 is 2.20 bits per heavy atom. The summed E-state index contributed by atoms with van der Waals surface area (Å²) < 4.78 is 0. The standard InChI is InChI=1S/C17H17NO2/c1-13-8-10-14(11-9-13)16(12-19)18(2)17(20)15-6-4-3-5-7-15/h3-12,16H,1-2H3. The second-order valence-corrected chi connectivity index (χ2v) is 4.77. The van der Waals surface area contributed by atoms with Gasteiger partial charge in [0.05, 0.1) is 0 Å². The van der Waals surface area contributed by atoms with E-state index in [1.165, 1.54) is 4.90 Å². The van der Waals surface area contributed by atoms with Crippen molar-refractivity contribution in [3.05, 3.63) is 71.3 Å². The van der Waals surface area contributed by atoms with E-state index in [1.54, 1.807) is 19.2 Å². The molecule has 0 saturated carbocycles. The van der Waals surface area contributed by atoms with Crippen LogP contribution < -0.4 is 0 Å². The van der Waals surface area contributed by atoms with Crippen molar-refractivity contribution in [3.63, 3.8) is 0 Å². The molecule has 0 aromatic heterocycles. The first-order valence-electron chi connectivity index (χ1n) is 6.47. The lowest BCUT2D eigenvalue weighted by atomic mass is 10.0. The van der Waals surface area contributed by atoms with Gasteiger partial charge in [-0.15, -0.1) is 0 Å². The Labute approximate surface area is 118 Å². The quantitative estimate of drug-likeness (QED) is 0.799. The van der Waals surface area contributed by atoms with Crippen molar-refractivity contribution in [1.82, 2.24) is 4.90 Å². The van der Waals surface area contributed by atoms with E-state index in [-0.39, 0.29) is 5.91 Å². The van der Waals surface area contributed by atoms with Crippen molar-refractivity contribution >= 4 is 12.2 Å². The Kier molecular flexibility index (Phi) is 4.31. The maximum absolute atomic E-state index is 12.4. The van der Waals surface area contributed by atoms with Crippen LogP contribution in [-0.4, -0.2) is 24.1 Å². The van der Waals surface area contributed by atoms with Gasteiger partial charge in [0.15, 0.2) is 0 Å². The molecule has 0 radical (unpaired) electrons. The Morgan fingerprint density at radius 2 is 1.65 bits per heavy atom. The zero-order valence-electron chi connectivity index (χ0n) is 11.6. The maximum atomic E-state index is 12.4. The van der Waals surface area contributed by atoms with E-state index in [9.17, 15) is 9.59 Å². The van der Waals surface area contributed by atoms with E-state index in [4.69, 9.17) is 0 Å². The second kappa shape index (κ2) is 6.15. The molecular weight excluding hydrogens is 250 g/mol. The summed E-state index contributed by atoms with van der Waals surface area (Å²) in [5, 5.41) is 0. The number of nitrogens with zero attached hydrogens (tertiary/aromatic N) is 1. The summed E-state index contributed by atoms with van der Waals surface area (Å²) in [5.41, 5.74) is 2.52. The minimum absolute atomic E-state index is 0.164. The fourth-order valence-electron chi connectivity index (χ4n) is 2.07. The zero-order chi connectivity index (χ0) is 14.5. The summed E-state index contributed by atoms with van der Waals surface area (Å²) in [4.78, 5) is 25.2. The molecule has 0 aliphatic rings. The molecule has 2 aromatic rings. The predicted octanol–water partition coefficient (Wildman–Crippen LogP) is 3.01. The molecule has 0 N–H and O–H groups in total. The zero-order valence-corrected chi connectivity index (χ0v) is 11.6. The Hall–Kier alpha value is -2.42. The van der Waals surface area contributed by atoms with Crippen LogP contribution in [0.1, 0.15) is 27.5 Å². The third kappa shape index (κ3) is 2.94. The number of aldehydes is 1. The van der Waals surface area contributed by atoms with Crippen molar-refractivity contribution in [2.75, 3.05) is 7.05 Å². The van der Waals surface area contributed by atoms with Gasteiger partial charge in [0.2, 0.25) is 0 Å². The second-order valence-electron chi connectivity index (χ2n) is 4.77. The fourth-order valence-corrected chi connectivity index (χ4v) is 2.07. The minimum atomic E-state index is -0.566. The van der Waals surface area contributed by atoms with Gasteiger partial charge in [-0.1, -0.05) is 48.0 Å². The molecule has 0 spiro atoms. The van der Waals surface area contributed by atoms with Crippen LogP contribution in [0.2, 0.25) is 0 Å². The molecule has 0 fully saturated rings. The smallest absolute Gasteiger partial charge is 0.254 e. The molecule has 1 unspecified atom stereocenters. The molecule has 0 aliphatic heterocycles. The summed E-state index contributed by atoms with van der Waals surface area (Å²) in [6, 6.07) is 16.0. The lowest BCUT2D eigenvalue weighted by Crippen LogP contribution is -2.32. The van der Waals surface area contributed by atoms with E-state index in [0.717, 1.165) is 17.4 Å². The fraction of sp³-hybridized carbons (Fsp3) is 0.176. The number of hydrogen-bond acceptors (Lipinski definition) is 2. The molecule has 102 valence electrons. The highest BCUT2D eigenvalue weighted by Gasteiger charge is 2.21. The van der Waals surface area contributed by atoms with Gasteiger partial charge in [0.25, 0.3) is 5.91 Å². The topological polar surface area (TPSA) is 37.4 Å². The van der Waals surface area contributed by atoms with E-state index >= 15 is 0 Å². The van der Waals surface area contributed by atoms with Gasteiger partial charge in [-0.2, -0.15) is 0 Å². The normalized spacial score (nSPS) is 11.7. The summed E-state index contributed by atoms with van der Waals surface area (Å²) >= 11 is 0. The van der Waals surface area contributed by atoms with Crippen LogP contribution in [-0.2, 0) is 4.79 Å². The van der Waals surface area contributed by atoms with Crippen molar-refractivity contribution in [2.24, 2.45) is 0 Å². The molecule has 20 heavy (non-hydrogen) atoms. The Morgan fingerprint density at radius 1 is 1.05 bits per heavy atom. The average Bonchev–Trinajstić information content (AvgIpc) is 2.50. The summed E-state index contributed by atoms with van der Waals surface area (Å²) in [6.07, 6.45) is 0.797. The number of carbonyl (C=O) groups is 2. The van der Waals surface area contributed by atoms with Crippen LogP contribution in [0.3, 0.4) is 0 Å². The summed E-state index contributed by atoms with van der Waals surface area (Å²) in [6.45, 7) is 1.98. The van der Waals surface area contributed by atoms with Gasteiger partial charge >= 0.3 is 0 Å². The number of likely N-dealkylation sites (N-methyl/N-ethyl adjacent to an activating group) is 1. The molecule has 1 atom stereocenters. The lowest BCUT2D eigenvalue weighted by Gasteiger charge is -2.24. The van der Waals surface area contributed by atoms with Gasteiger partial charge in [-0.05, 0) is 24.6 Å². The molecule has 1 amide bonds. The van der Waals surface area contributed by atoms with E-state index in [0.29, 0.717) is 5.56 Å². The number of rotatable bonds is 4. The van der Waals surface area contributed by atoms with Gasteiger partial charge in [-0.25, -0.2) is 0 Å². The molecule has 3 nitrogen and oxygen atoms in total. The molecular formula is C17H17NO2. The highest BCUT2D eigenvalue weighted by atomic mass is 16.2. The number of aryl methyl sites for hydroxylation is 1. The Bertz CT molecular complexity index is 590. The predicted molar refractivity (Wildman–Crippen MR) is 78.5 cm³/mol. The van der Waals surface area contributed by atoms with Crippen LogP contribution in [0, 0.1) is 6.92 Å². The number of carbonyl (C=O) groups excluding carboxylic acids is 2. The van der Waals surface area contributed by atoms with Gasteiger partial charge in [0, 0.05) is 12.6 Å². The van der Waals surface area contributed by atoms with E-state index in [2.05, 4.69) is 0 Å². The lowest BCUT2D eigenvalue weighted by molar-refractivity contribution is -0.111. The summed E-state index contributed by atoms with van der Waals surface area (Å²) in [5.74, 6) is -0.164. The van der Waals surface area contributed by atoms with Crippen molar-refractivity contribution in [1.29, 1.82) is 0 Å². The van der Waals surface area contributed by atoms with Crippen LogP contribution in [0.4, 0.5) is 0 Å². The highest BCUT2D eigenvalue weighted by Crippen LogP contribution is 2.19.